The fraction of sp³-hybridized carbons (Fsp3) is 0.0667. The van der Waals surface area contributed by atoms with E-state index < -0.39 is 5.82 Å². The van der Waals surface area contributed by atoms with Crippen LogP contribution in [0.2, 0.25) is 5.15 Å². The van der Waals surface area contributed by atoms with Crippen LogP contribution in [0.4, 0.5) is 15.9 Å². The SMILES string of the molecule is COc1cc(Nc2nnc(Cl)c3ccccc23)ccc1F. The largest absolute Gasteiger partial charge is 0.494 e. The van der Waals surface area contributed by atoms with E-state index in [9.17, 15) is 4.39 Å². The lowest BCUT2D eigenvalue weighted by molar-refractivity contribution is 0.387. The number of rotatable bonds is 3. The van der Waals surface area contributed by atoms with Gasteiger partial charge < -0.3 is 10.1 Å². The molecule has 0 fully saturated rings. The van der Waals surface area contributed by atoms with Crippen molar-refractivity contribution in [1.82, 2.24) is 10.2 Å². The number of halogens is 2. The molecule has 6 heteroatoms. The first kappa shape index (κ1) is 13.6. The third-order valence-electron chi connectivity index (χ3n) is 3.06. The van der Waals surface area contributed by atoms with Gasteiger partial charge in [-0.3, -0.25) is 0 Å². The Morgan fingerprint density at radius 2 is 1.86 bits per heavy atom. The zero-order chi connectivity index (χ0) is 14.8. The molecule has 0 aliphatic heterocycles. The molecular formula is C15H11ClFN3O. The van der Waals surface area contributed by atoms with Crippen LogP contribution in [0.1, 0.15) is 0 Å². The van der Waals surface area contributed by atoms with Crippen molar-refractivity contribution in [3.05, 3.63) is 53.4 Å². The summed E-state index contributed by atoms with van der Waals surface area (Å²) < 4.78 is 18.4. The molecule has 3 aromatic rings. The van der Waals surface area contributed by atoms with Gasteiger partial charge in [-0.1, -0.05) is 35.9 Å². The molecule has 0 atom stereocenters. The smallest absolute Gasteiger partial charge is 0.165 e. The Hall–Kier alpha value is -2.40. The maximum atomic E-state index is 13.4. The molecule has 0 saturated carbocycles. The molecule has 2 aromatic carbocycles. The van der Waals surface area contributed by atoms with Gasteiger partial charge in [0.2, 0.25) is 0 Å². The predicted octanol–water partition coefficient (Wildman–Crippen LogP) is 4.17. The summed E-state index contributed by atoms with van der Waals surface area (Å²) in [6, 6.07) is 12.0. The second-order valence-electron chi connectivity index (χ2n) is 4.36. The van der Waals surface area contributed by atoms with Gasteiger partial charge in [-0.05, 0) is 12.1 Å². The summed E-state index contributed by atoms with van der Waals surface area (Å²) in [4.78, 5) is 0. The highest BCUT2D eigenvalue weighted by Gasteiger charge is 2.09. The normalized spacial score (nSPS) is 10.6. The van der Waals surface area contributed by atoms with Crippen molar-refractivity contribution in [2.45, 2.75) is 0 Å². The van der Waals surface area contributed by atoms with Crippen molar-refractivity contribution in [3.63, 3.8) is 0 Å². The minimum Gasteiger partial charge on any atom is -0.494 e. The molecule has 1 heterocycles. The monoisotopic (exact) mass is 303 g/mol. The number of aromatic nitrogens is 2. The van der Waals surface area contributed by atoms with Gasteiger partial charge in [-0.25, -0.2) is 4.39 Å². The molecule has 0 radical (unpaired) electrons. The van der Waals surface area contributed by atoms with Gasteiger partial charge in [0.25, 0.3) is 0 Å². The minimum absolute atomic E-state index is 0.159. The molecular weight excluding hydrogens is 293 g/mol. The minimum atomic E-state index is -0.421. The second kappa shape index (κ2) is 5.54. The summed E-state index contributed by atoms with van der Waals surface area (Å²) >= 11 is 6.03. The van der Waals surface area contributed by atoms with Gasteiger partial charge in [-0.15, -0.1) is 10.2 Å². The van der Waals surface area contributed by atoms with Crippen LogP contribution in [0.3, 0.4) is 0 Å². The highest BCUT2D eigenvalue weighted by Crippen LogP contribution is 2.29. The average Bonchev–Trinajstić information content (AvgIpc) is 2.52. The van der Waals surface area contributed by atoms with Crippen molar-refractivity contribution in [2.24, 2.45) is 0 Å². The number of nitrogens with zero attached hydrogens (tertiary/aromatic N) is 2. The van der Waals surface area contributed by atoms with Crippen molar-refractivity contribution in [3.8, 4) is 5.75 Å². The fourth-order valence-corrected chi connectivity index (χ4v) is 2.24. The lowest BCUT2D eigenvalue weighted by atomic mass is 10.2. The Balaban J connectivity index is 2.04. The van der Waals surface area contributed by atoms with E-state index >= 15 is 0 Å². The highest BCUT2D eigenvalue weighted by molar-refractivity contribution is 6.34. The van der Waals surface area contributed by atoms with Gasteiger partial charge in [-0.2, -0.15) is 0 Å². The molecule has 0 bridgehead atoms. The quantitative estimate of drug-likeness (QED) is 0.788. The van der Waals surface area contributed by atoms with Crippen LogP contribution in [0.15, 0.2) is 42.5 Å². The highest BCUT2D eigenvalue weighted by atomic mass is 35.5. The van der Waals surface area contributed by atoms with E-state index in [0.717, 1.165) is 10.8 Å². The van der Waals surface area contributed by atoms with Crippen molar-refractivity contribution in [1.29, 1.82) is 0 Å². The number of fused-ring (bicyclic) bond motifs is 1. The summed E-state index contributed by atoms with van der Waals surface area (Å²) in [7, 11) is 1.42. The molecule has 0 saturated heterocycles. The van der Waals surface area contributed by atoms with Crippen molar-refractivity contribution < 1.29 is 9.13 Å². The second-order valence-corrected chi connectivity index (χ2v) is 4.72. The van der Waals surface area contributed by atoms with Crippen LogP contribution in [0, 0.1) is 5.82 Å². The summed E-state index contributed by atoms with van der Waals surface area (Å²) in [6.07, 6.45) is 0. The molecule has 0 amide bonds. The lowest BCUT2D eigenvalue weighted by Gasteiger charge is -2.10. The standard InChI is InChI=1S/C15H11ClFN3O/c1-21-13-8-9(6-7-12(13)17)18-15-11-5-3-2-4-10(11)14(16)19-20-15/h2-8H,1H3,(H,18,20). The molecule has 1 aromatic heterocycles. The third-order valence-corrected chi connectivity index (χ3v) is 3.34. The Kier molecular flexibility index (Phi) is 3.58. The number of anilines is 2. The number of methoxy groups -OCH3 is 1. The molecule has 21 heavy (non-hydrogen) atoms. The molecule has 0 aliphatic rings. The first-order valence-corrected chi connectivity index (χ1v) is 6.58. The summed E-state index contributed by atoms with van der Waals surface area (Å²) in [5.74, 6) is 0.282. The van der Waals surface area contributed by atoms with E-state index in [2.05, 4.69) is 15.5 Å². The Labute approximate surface area is 125 Å². The van der Waals surface area contributed by atoms with Crippen LogP contribution >= 0.6 is 11.6 Å². The van der Waals surface area contributed by atoms with Gasteiger partial charge in [0.1, 0.15) is 0 Å². The van der Waals surface area contributed by atoms with Gasteiger partial charge in [0.05, 0.1) is 7.11 Å². The van der Waals surface area contributed by atoms with Crippen LogP contribution in [0.5, 0.6) is 5.75 Å². The van der Waals surface area contributed by atoms with Crippen LogP contribution < -0.4 is 10.1 Å². The Bertz CT molecular complexity index is 810. The third kappa shape index (κ3) is 2.60. The fourth-order valence-electron chi connectivity index (χ4n) is 2.04. The van der Waals surface area contributed by atoms with Crippen molar-refractivity contribution in [2.75, 3.05) is 12.4 Å². The van der Waals surface area contributed by atoms with Gasteiger partial charge in [0, 0.05) is 22.5 Å². The Morgan fingerprint density at radius 1 is 1.10 bits per heavy atom. The first-order valence-electron chi connectivity index (χ1n) is 6.20. The van der Waals surface area contributed by atoms with E-state index in [4.69, 9.17) is 16.3 Å². The molecule has 1 N–H and O–H groups in total. The number of hydrogen-bond donors (Lipinski definition) is 1. The molecule has 3 rings (SSSR count). The van der Waals surface area contributed by atoms with E-state index in [0.29, 0.717) is 16.7 Å². The first-order chi connectivity index (χ1) is 10.2. The average molecular weight is 304 g/mol. The zero-order valence-corrected chi connectivity index (χ0v) is 11.9. The summed E-state index contributed by atoms with van der Waals surface area (Å²) in [6.45, 7) is 0. The number of hydrogen-bond acceptors (Lipinski definition) is 4. The molecule has 0 aliphatic carbocycles. The maximum Gasteiger partial charge on any atom is 0.165 e. The summed E-state index contributed by atoms with van der Waals surface area (Å²) in [5.41, 5.74) is 0.648. The summed E-state index contributed by atoms with van der Waals surface area (Å²) in [5, 5.41) is 13.0. The maximum absolute atomic E-state index is 13.4. The Morgan fingerprint density at radius 3 is 2.62 bits per heavy atom. The topological polar surface area (TPSA) is 47.0 Å². The van der Waals surface area contributed by atoms with Gasteiger partial charge in [0.15, 0.2) is 22.5 Å². The number of benzene rings is 2. The van der Waals surface area contributed by atoms with Crippen LogP contribution in [-0.4, -0.2) is 17.3 Å². The molecule has 4 nitrogen and oxygen atoms in total. The predicted molar refractivity (Wildman–Crippen MR) is 80.8 cm³/mol. The van der Waals surface area contributed by atoms with E-state index in [1.54, 1.807) is 12.1 Å². The van der Waals surface area contributed by atoms with Gasteiger partial charge >= 0.3 is 0 Å². The van der Waals surface area contributed by atoms with Crippen molar-refractivity contribution >= 4 is 33.9 Å². The van der Waals surface area contributed by atoms with E-state index in [1.165, 1.54) is 13.2 Å². The molecule has 0 spiro atoms. The van der Waals surface area contributed by atoms with E-state index in [-0.39, 0.29) is 5.75 Å². The molecule has 106 valence electrons. The number of nitrogens with one attached hydrogen (secondary N) is 1. The molecule has 0 unspecified atom stereocenters. The zero-order valence-electron chi connectivity index (χ0n) is 11.1. The van der Waals surface area contributed by atoms with E-state index in [1.807, 2.05) is 24.3 Å². The van der Waals surface area contributed by atoms with Crippen LogP contribution in [0.25, 0.3) is 10.8 Å². The lowest BCUT2D eigenvalue weighted by Crippen LogP contribution is -1.98. The van der Waals surface area contributed by atoms with Crippen LogP contribution in [-0.2, 0) is 0 Å². The number of ether oxygens (including phenoxy) is 1.